The average molecular weight is 302 g/mol. The molecule has 0 bridgehead atoms. The molecule has 4 nitrogen and oxygen atoms in total. The molecule has 0 radical (unpaired) electrons. The van der Waals surface area contributed by atoms with Crippen LogP contribution in [0.15, 0.2) is 36.7 Å². The van der Waals surface area contributed by atoms with Crippen molar-refractivity contribution in [3.8, 4) is 0 Å². The highest BCUT2D eigenvalue weighted by atomic mass is 35.5. The second kappa shape index (κ2) is 5.84. The summed E-state index contributed by atoms with van der Waals surface area (Å²) in [7, 11) is 0. The average Bonchev–Trinajstić information content (AvgIpc) is 2.84. The normalized spacial score (nSPS) is 14.7. The molecule has 21 heavy (non-hydrogen) atoms. The molecule has 2 N–H and O–H groups in total. The molecular weight excluding hydrogens is 286 g/mol. The monoisotopic (exact) mass is 301 g/mol. The van der Waals surface area contributed by atoms with Crippen molar-refractivity contribution in [3.05, 3.63) is 58.4 Å². The third-order valence-electron chi connectivity index (χ3n) is 3.58. The SMILES string of the molecule is CCNC(c1cccnc1)c1cc2c(cc1Cl)NC(=O)C2. The number of hydrogen-bond donors (Lipinski definition) is 2. The predicted molar refractivity (Wildman–Crippen MR) is 83.5 cm³/mol. The van der Waals surface area contributed by atoms with Gasteiger partial charge in [-0.25, -0.2) is 0 Å². The Labute approximate surface area is 128 Å². The summed E-state index contributed by atoms with van der Waals surface area (Å²) in [5, 5.41) is 6.89. The van der Waals surface area contributed by atoms with Crippen molar-refractivity contribution in [2.45, 2.75) is 19.4 Å². The molecule has 1 aromatic heterocycles. The van der Waals surface area contributed by atoms with Gasteiger partial charge < -0.3 is 10.6 Å². The smallest absolute Gasteiger partial charge is 0.228 e. The highest BCUT2D eigenvalue weighted by Gasteiger charge is 2.23. The van der Waals surface area contributed by atoms with Gasteiger partial charge in [0.05, 0.1) is 12.5 Å². The molecular formula is C16H16ClN3O. The summed E-state index contributed by atoms with van der Waals surface area (Å²) in [6.45, 7) is 2.86. The molecule has 2 heterocycles. The number of pyridine rings is 1. The fourth-order valence-electron chi connectivity index (χ4n) is 2.65. The molecule has 1 unspecified atom stereocenters. The summed E-state index contributed by atoms with van der Waals surface area (Å²) >= 11 is 6.42. The number of fused-ring (bicyclic) bond motifs is 1. The van der Waals surface area contributed by atoms with Gasteiger partial charge in [0.2, 0.25) is 5.91 Å². The van der Waals surface area contributed by atoms with E-state index in [4.69, 9.17) is 11.6 Å². The first-order valence-corrected chi connectivity index (χ1v) is 7.32. The Hall–Kier alpha value is -1.91. The highest BCUT2D eigenvalue weighted by Crippen LogP contribution is 2.35. The van der Waals surface area contributed by atoms with Gasteiger partial charge in [0.25, 0.3) is 0 Å². The van der Waals surface area contributed by atoms with E-state index in [1.165, 1.54) is 0 Å². The van der Waals surface area contributed by atoms with Gasteiger partial charge in [0, 0.05) is 23.1 Å². The third kappa shape index (κ3) is 2.77. The molecule has 1 aliphatic heterocycles. The summed E-state index contributed by atoms with van der Waals surface area (Å²) in [5.74, 6) is 0.0135. The van der Waals surface area contributed by atoms with E-state index in [2.05, 4.69) is 22.5 Å². The molecule has 0 saturated carbocycles. The molecule has 1 atom stereocenters. The number of anilines is 1. The number of nitrogens with zero attached hydrogens (tertiary/aromatic N) is 1. The van der Waals surface area contributed by atoms with Gasteiger partial charge in [0.15, 0.2) is 0 Å². The van der Waals surface area contributed by atoms with E-state index < -0.39 is 0 Å². The number of halogens is 1. The van der Waals surface area contributed by atoms with Gasteiger partial charge >= 0.3 is 0 Å². The Morgan fingerprint density at radius 3 is 3.05 bits per heavy atom. The summed E-state index contributed by atoms with van der Waals surface area (Å²) < 4.78 is 0. The molecule has 0 saturated heterocycles. The van der Waals surface area contributed by atoms with Crippen LogP contribution in [-0.4, -0.2) is 17.4 Å². The number of nitrogens with one attached hydrogen (secondary N) is 2. The van der Waals surface area contributed by atoms with Crippen molar-refractivity contribution >= 4 is 23.2 Å². The highest BCUT2D eigenvalue weighted by molar-refractivity contribution is 6.32. The molecule has 1 aliphatic rings. The van der Waals surface area contributed by atoms with Crippen LogP contribution in [0.3, 0.4) is 0 Å². The number of carbonyl (C=O) groups is 1. The van der Waals surface area contributed by atoms with Crippen LogP contribution in [0.1, 0.15) is 29.7 Å². The Morgan fingerprint density at radius 2 is 2.33 bits per heavy atom. The van der Waals surface area contributed by atoms with Crippen LogP contribution in [0.4, 0.5) is 5.69 Å². The second-order valence-corrected chi connectivity index (χ2v) is 5.44. The largest absolute Gasteiger partial charge is 0.325 e. The zero-order chi connectivity index (χ0) is 14.8. The summed E-state index contributed by atoms with van der Waals surface area (Å²) in [6, 6.07) is 7.74. The van der Waals surface area contributed by atoms with Crippen LogP contribution in [0.25, 0.3) is 0 Å². The van der Waals surface area contributed by atoms with Crippen molar-refractivity contribution < 1.29 is 4.79 Å². The fourth-order valence-corrected chi connectivity index (χ4v) is 2.92. The first kappa shape index (κ1) is 14.0. The maximum Gasteiger partial charge on any atom is 0.228 e. The van der Waals surface area contributed by atoms with Gasteiger partial charge in [-0.3, -0.25) is 9.78 Å². The van der Waals surface area contributed by atoms with E-state index >= 15 is 0 Å². The molecule has 5 heteroatoms. The first-order valence-electron chi connectivity index (χ1n) is 6.94. The Kier molecular flexibility index (Phi) is 3.90. The fraction of sp³-hybridized carbons (Fsp3) is 0.250. The second-order valence-electron chi connectivity index (χ2n) is 5.03. The molecule has 0 spiro atoms. The number of rotatable bonds is 4. The lowest BCUT2D eigenvalue weighted by molar-refractivity contribution is -0.115. The lowest BCUT2D eigenvalue weighted by Crippen LogP contribution is -2.22. The quantitative estimate of drug-likeness (QED) is 0.913. The Morgan fingerprint density at radius 1 is 1.48 bits per heavy atom. The van der Waals surface area contributed by atoms with Crippen LogP contribution in [0.5, 0.6) is 0 Å². The number of hydrogen-bond acceptors (Lipinski definition) is 3. The molecule has 1 amide bonds. The van der Waals surface area contributed by atoms with Crippen LogP contribution < -0.4 is 10.6 Å². The van der Waals surface area contributed by atoms with Crippen LogP contribution in [0, 0.1) is 0 Å². The van der Waals surface area contributed by atoms with Crippen molar-refractivity contribution in [2.75, 3.05) is 11.9 Å². The number of benzene rings is 1. The molecule has 0 fully saturated rings. The molecule has 0 aliphatic carbocycles. The molecule has 3 rings (SSSR count). The van der Waals surface area contributed by atoms with E-state index in [1.807, 2.05) is 30.5 Å². The van der Waals surface area contributed by atoms with Gasteiger partial charge in [-0.05, 0) is 41.4 Å². The van der Waals surface area contributed by atoms with Crippen molar-refractivity contribution in [3.63, 3.8) is 0 Å². The molecule has 1 aromatic carbocycles. The minimum atomic E-state index is -0.0304. The number of aromatic nitrogens is 1. The number of carbonyl (C=O) groups excluding carboxylic acids is 1. The van der Waals surface area contributed by atoms with Crippen molar-refractivity contribution in [1.82, 2.24) is 10.3 Å². The topological polar surface area (TPSA) is 54.0 Å². The third-order valence-corrected chi connectivity index (χ3v) is 3.91. The summed E-state index contributed by atoms with van der Waals surface area (Å²) in [4.78, 5) is 15.7. The van der Waals surface area contributed by atoms with Crippen LogP contribution in [0.2, 0.25) is 5.02 Å². The predicted octanol–water partition coefficient (Wildman–Crippen LogP) is 2.93. The minimum Gasteiger partial charge on any atom is -0.325 e. The van der Waals surface area contributed by atoms with Gasteiger partial charge in [-0.1, -0.05) is 24.6 Å². The Bertz CT molecular complexity index is 673. The van der Waals surface area contributed by atoms with Crippen molar-refractivity contribution in [1.29, 1.82) is 0 Å². The summed E-state index contributed by atoms with van der Waals surface area (Å²) in [6.07, 6.45) is 3.99. The van der Waals surface area contributed by atoms with E-state index in [-0.39, 0.29) is 11.9 Å². The van der Waals surface area contributed by atoms with Crippen LogP contribution >= 0.6 is 11.6 Å². The lowest BCUT2D eigenvalue weighted by Gasteiger charge is -2.20. The van der Waals surface area contributed by atoms with Crippen molar-refractivity contribution in [2.24, 2.45) is 0 Å². The van der Waals surface area contributed by atoms with E-state index in [9.17, 15) is 4.79 Å². The van der Waals surface area contributed by atoms with E-state index in [1.54, 1.807) is 6.20 Å². The maximum atomic E-state index is 11.5. The zero-order valence-electron chi connectivity index (χ0n) is 11.7. The van der Waals surface area contributed by atoms with Gasteiger partial charge in [-0.15, -0.1) is 0 Å². The standard InChI is InChI=1S/C16H16ClN3O/c1-2-19-16(10-4-3-5-18-9-10)12-6-11-7-15(21)20-14(11)8-13(12)17/h3-6,8-9,16,19H,2,7H2,1H3,(H,20,21). The Balaban J connectivity index is 2.04. The minimum absolute atomic E-state index is 0.0135. The van der Waals surface area contributed by atoms with Gasteiger partial charge in [0.1, 0.15) is 0 Å². The molecule has 2 aromatic rings. The zero-order valence-corrected chi connectivity index (χ0v) is 12.4. The maximum absolute atomic E-state index is 11.5. The van der Waals surface area contributed by atoms with E-state index in [0.29, 0.717) is 11.4 Å². The lowest BCUT2D eigenvalue weighted by atomic mass is 9.97. The van der Waals surface area contributed by atoms with Crippen LogP contribution in [-0.2, 0) is 11.2 Å². The summed E-state index contributed by atoms with van der Waals surface area (Å²) in [5.41, 5.74) is 3.83. The molecule has 108 valence electrons. The first-order chi connectivity index (χ1) is 10.2. The number of amides is 1. The van der Waals surface area contributed by atoms with Gasteiger partial charge in [-0.2, -0.15) is 0 Å². The van der Waals surface area contributed by atoms with E-state index in [0.717, 1.165) is 28.9 Å².